The summed E-state index contributed by atoms with van der Waals surface area (Å²) in [5.74, 6) is 0.813. The van der Waals surface area contributed by atoms with E-state index in [4.69, 9.17) is 16.0 Å². The van der Waals surface area contributed by atoms with Gasteiger partial charge in [0, 0.05) is 17.1 Å². The van der Waals surface area contributed by atoms with Crippen molar-refractivity contribution >= 4 is 45.0 Å². The first kappa shape index (κ1) is 21.1. The van der Waals surface area contributed by atoms with E-state index in [1.165, 1.54) is 0 Å². The lowest BCUT2D eigenvalue weighted by Crippen LogP contribution is -2.29. The number of benzene rings is 2. The average Bonchev–Trinajstić information content (AvgIpc) is 3.16. The zero-order chi connectivity index (χ0) is 20.8. The monoisotopic (exact) mass is 475 g/mol. The summed E-state index contributed by atoms with van der Waals surface area (Å²) in [6.07, 6.45) is 0. The number of carbonyl (C=O) groups excluding carboxylic acids is 2. The van der Waals surface area contributed by atoms with Crippen molar-refractivity contribution in [2.24, 2.45) is 0 Å². The van der Waals surface area contributed by atoms with E-state index >= 15 is 0 Å². The molecule has 29 heavy (non-hydrogen) atoms. The first-order valence-corrected chi connectivity index (χ1v) is 10.0. The van der Waals surface area contributed by atoms with Crippen LogP contribution >= 0.6 is 27.5 Å². The Morgan fingerprint density at radius 1 is 1.10 bits per heavy atom. The molecule has 1 aromatic heterocycles. The molecule has 2 amide bonds. The highest BCUT2D eigenvalue weighted by atomic mass is 79.9. The van der Waals surface area contributed by atoms with E-state index in [0.717, 1.165) is 10.0 Å². The van der Waals surface area contributed by atoms with Gasteiger partial charge in [0.05, 0.1) is 29.4 Å². The number of amides is 2. The van der Waals surface area contributed by atoms with Crippen molar-refractivity contribution in [3.05, 3.63) is 75.4 Å². The van der Waals surface area contributed by atoms with Gasteiger partial charge in [0.2, 0.25) is 5.91 Å². The number of nitrogens with one attached hydrogen (secondary N) is 3. The molecule has 2 aromatic carbocycles. The molecule has 8 heteroatoms. The Morgan fingerprint density at radius 3 is 2.66 bits per heavy atom. The minimum absolute atomic E-state index is 0.0666. The molecule has 0 saturated carbocycles. The Morgan fingerprint density at radius 2 is 1.90 bits per heavy atom. The Balaban J connectivity index is 1.55. The molecule has 150 valence electrons. The van der Waals surface area contributed by atoms with Gasteiger partial charge in [-0.15, -0.1) is 0 Å². The molecule has 0 fully saturated rings. The highest BCUT2D eigenvalue weighted by Crippen LogP contribution is 2.31. The Hall–Kier alpha value is -2.61. The van der Waals surface area contributed by atoms with E-state index in [1.807, 2.05) is 24.3 Å². The van der Waals surface area contributed by atoms with E-state index < -0.39 is 0 Å². The molecular weight excluding hydrogens is 458 g/mol. The van der Waals surface area contributed by atoms with Crippen LogP contribution in [0.25, 0.3) is 11.3 Å². The summed E-state index contributed by atoms with van der Waals surface area (Å²) in [5, 5.41) is 8.90. The van der Waals surface area contributed by atoms with Crippen LogP contribution in [-0.2, 0) is 11.3 Å². The van der Waals surface area contributed by atoms with E-state index in [-0.39, 0.29) is 18.4 Å². The van der Waals surface area contributed by atoms with E-state index in [0.29, 0.717) is 34.3 Å². The maximum absolute atomic E-state index is 12.2. The second kappa shape index (κ2) is 9.73. The van der Waals surface area contributed by atoms with Crippen molar-refractivity contribution < 1.29 is 14.0 Å². The average molecular weight is 477 g/mol. The zero-order valence-electron chi connectivity index (χ0n) is 15.6. The number of hydrogen-bond acceptors (Lipinski definition) is 4. The molecule has 0 aliphatic rings. The predicted octanol–water partition coefficient (Wildman–Crippen LogP) is 4.45. The van der Waals surface area contributed by atoms with Gasteiger partial charge in [-0.1, -0.05) is 39.7 Å². The van der Waals surface area contributed by atoms with Crippen molar-refractivity contribution in [3.8, 4) is 11.3 Å². The van der Waals surface area contributed by atoms with Crippen LogP contribution in [0.15, 0.2) is 63.5 Å². The second-order valence-electron chi connectivity index (χ2n) is 6.17. The fraction of sp³-hybridized carbons (Fsp3) is 0.143. The third-order valence-electron chi connectivity index (χ3n) is 4.12. The van der Waals surface area contributed by atoms with Crippen LogP contribution in [0.2, 0.25) is 5.02 Å². The molecule has 3 N–H and O–H groups in total. The fourth-order valence-electron chi connectivity index (χ4n) is 2.73. The highest BCUT2D eigenvalue weighted by molar-refractivity contribution is 9.10. The normalized spacial score (nSPS) is 10.6. The lowest BCUT2D eigenvalue weighted by atomic mass is 10.1. The van der Waals surface area contributed by atoms with Crippen LogP contribution in [0.4, 0.5) is 5.69 Å². The van der Waals surface area contributed by atoms with Crippen LogP contribution in [0.1, 0.15) is 16.1 Å². The van der Waals surface area contributed by atoms with Gasteiger partial charge in [0.1, 0.15) is 11.5 Å². The summed E-state index contributed by atoms with van der Waals surface area (Å²) < 4.78 is 6.70. The lowest BCUT2D eigenvalue weighted by Gasteiger charge is -2.10. The van der Waals surface area contributed by atoms with Gasteiger partial charge in [-0.2, -0.15) is 0 Å². The summed E-state index contributed by atoms with van der Waals surface area (Å²) in [6, 6.07) is 16.1. The Labute approximate surface area is 181 Å². The van der Waals surface area contributed by atoms with Gasteiger partial charge < -0.3 is 20.4 Å². The summed E-state index contributed by atoms with van der Waals surface area (Å²) in [6.45, 7) is 0.440. The van der Waals surface area contributed by atoms with Crippen LogP contribution in [-0.4, -0.2) is 25.4 Å². The predicted molar refractivity (Wildman–Crippen MR) is 117 cm³/mol. The summed E-state index contributed by atoms with van der Waals surface area (Å²) >= 11 is 9.63. The zero-order valence-corrected chi connectivity index (χ0v) is 17.9. The van der Waals surface area contributed by atoms with Gasteiger partial charge in [0.25, 0.3) is 5.91 Å². The van der Waals surface area contributed by atoms with Crippen molar-refractivity contribution in [1.29, 1.82) is 0 Å². The smallest absolute Gasteiger partial charge is 0.253 e. The maximum Gasteiger partial charge on any atom is 0.253 e. The SMILES string of the molecule is CNC(=O)c1ccccc1NC(=O)CNCc1ccc(-c2ccc(Br)cc2Cl)o1. The first-order chi connectivity index (χ1) is 14.0. The molecule has 0 saturated heterocycles. The molecule has 0 aliphatic heterocycles. The Kier molecular flexibility index (Phi) is 7.09. The van der Waals surface area contributed by atoms with Crippen molar-refractivity contribution in [2.45, 2.75) is 6.54 Å². The molecule has 3 rings (SSSR count). The molecule has 0 spiro atoms. The number of para-hydroxylation sites is 1. The molecule has 3 aromatic rings. The molecule has 6 nitrogen and oxygen atoms in total. The molecule has 0 atom stereocenters. The van der Waals surface area contributed by atoms with Gasteiger partial charge in [-0.05, 0) is 42.5 Å². The van der Waals surface area contributed by atoms with Gasteiger partial charge in [-0.25, -0.2) is 0 Å². The number of anilines is 1. The van der Waals surface area contributed by atoms with Crippen LogP contribution in [0.3, 0.4) is 0 Å². The highest BCUT2D eigenvalue weighted by Gasteiger charge is 2.12. The van der Waals surface area contributed by atoms with Crippen LogP contribution < -0.4 is 16.0 Å². The number of carbonyl (C=O) groups is 2. The number of rotatable bonds is 7. The lowest BCUT2D eigenvalue weighted by molar-refractivity contribution is -0.115. The maximum atomic E-state index is 12.2. The fourth-order valence-corrected chi connectivity index (χ4v) is 3.49. The third-order valence-corrected chi connectivity index (χ3v) is 4.92. The van der Waals surface area contributed by atoms with E-state index in [9.17, 15) is 9.59 Å². The van der Waals surface area contributed by atoms with Crippen molar-refractivity contribution in [3.63, 3.8) is 0 Å². The molecular formula is C21H19BrClN3O3. The largest absolute Gasteiger partial charge is 0.460 e. The number of hydrogen-bond donors (Lipinski definition) is 3. The second-order valence-corrected chi connectivity index (χ2v) is 7.49. The summed E-state index contributed by atoms with van der Waals surface area (Å²) in [7, 11) is 1.54. The Bertz CT molecular complexity index is 1040. The van der Waals surface area contributed by atoms with Gasteiger partial charge >= 0.3 is 0 Å². The summed E-state index contributed by atoms with van der Waals surface area (Å²) in [5.41, 5.74) is 1.67. The van der Waals surface area contributed by atoms with Crippen molar-refractivity contribution in [2.75, 3.05) is 18.9 Å². The van der Waals surface area contributed by atoms with Crippen LogP contribution in [0.5, 0.6) is 0 Å². The number of halogens is 2. The molecule has 0 bridgehead atoms. The van der Waals surface area contributed by atoms with Gasteiger partial charge in [0.15, 0.2) is 0 Å². The standard InChI is InChI=1S/C21H19BrClN3O3/c1-24-21(28)16-4-2-3-5-18(16)26-20(27)12-25-11-14-7-9-19(29-14)15-8-6-13(22)10-17(15)23/h2-10,25H,11-12H2,1H3,(H,24,28)(H,26,27). The quantitative estimate of drug-likeness (QED) is 0.470. The topological polar surface area (TPSA) is 83.4 Å². The number of furan rings is 1. The van der Waals surface area contributed by atoms with Gasteiger partial charge in [-0.3, -0.25) is 9.59 Å². The molecule has 0 aliphatic carbocycles. The van der Waals surface area contributed by atoms with Crippen molar-refractivity contribution in [1.82, 2.24) is 10.6 Å². The van der Waals surface area contributed by atoms with E-state index in [2.05, 4.69) is 31.9 Å². The molecule has 0 unspecified atom stereocenters. The van der Waals surface area contributed by atoms with E-state index in [1.54, 1.807) is 37.4 Å². The van der Waals surface area contributed by atoms with Crippen LogP contribution in [0, 0.1) is 0 Å². The minimum Gasteiger partial charge on any atom is -0.460 e. The third kappa shape index (κ3) is 5.47. The minimum atomic E-state index is -0.261. The first-order valence-electron chi connectivity index (χ1n) is 8.83. The molecule has 1 heterocycles. The summed E-state index contributed by atoms with van der Waals surface area (Å²) in [4.78, 5) is 24.1. The molecule has 0 radical (unpaired) electrons.